The van der Waals surface area contributed by atoms with E-state index < -0.39 is 24.3 Å². The van der Waals surface area contributed by atoms with Crippen LogP contribution in [0.25, 0.3) is 0 Å². The fourth-order valence-electron chi connectivity index (χ4n) is 3.02. The predicted octanol–water partition coefficient (Wildman–Crippen LogP) is 3.40. The minimum atomic E-state index is -2.63. The van der Waals surface area contributed by atoms with E-state index in [1.54, 1.807) is 0 Å². The highest BCUT2D eigenvalue weighted by Crippen LogP contribution is 2.36. The Morgan fingerprint density at radius 3 is 2.58 bits per heavy atom. The van der Waals surface area contributed by atoms with E-state index in [9.17, 15) is 13.2 Å². The molecule has 3 atom stereocenters. The summed E-state index contributed by atoms with van der Waals surface area (Å²) < 4.78 is 46.3. The Bertz CT molecular complexity index is 298. The minimum absolute atomic E-state index is 0.0578. The molecule has 2 aliphatic rings. The van der Waals surface area contributed by atoms with Gasteiger partial charge in [0.1, 0.15) is 6.17 Å². The monoisotopic (exact) mass is 279 g/mol. The van der Waals surface area contributed by atoms with Crippen molar-refractivity contribution < 1.29 is 17.9 Å². The number of alkyl halides is 3. The summed E-state index contributed by atoms with van der Waals surface area (Å²) >= 11 is 0. The molecule has 0 aromatic heterocycles. The van der Waals surface area contributed by atoms with E-state index in [0.29, 0.717) is 31.8 Å². The van der Waals surface area contributed by atoms with Gasteiger partial charge in [-0.15, -0.1) is 0 Å². The van der Waals surface area contributed by atoms with E-state index in [1.165, 1.54) is 0 Å². The number of hydrogen-bond acceptors (Lipinski definition) is 2. The lowest BCUT2D eigenvalue weighted by molar-refractivity contribution is -0.141. The summed E-state index contributed by atoms with van der Waals surface area (Å²) in [6.45, 7) is 5.21. The molecular weight excluding hydrogens is 255 g/mol. The van der Waals surface area contributed by atoms with Crippen LogP contribution >= 0.6 is 0 Å². The Hall–Kier alpha value is -0.290. The van der Waals surface area contributed by atoms with Crippen LogP contribution in [0.3, 0.4) is 0 Å². The molecule has 0 aromatic rings. The largest absolute Gasteiger partial charge is 0.372 e. The highest BCUT2D eigenvalue weighted by Gasteiger charge is 2.39. The third kappa shape index (κ3) is 4.09. The fourth-order valence-corrected chi connectivity index (χ4v) is 3.02. The Morgan fingerprint density at radius 1 is 1.26 bits per heavy atom. The number of piperidine rings is 1. The first-order valence-electron chi connectivity index (χ1n) is 7.29. The lowest BCUT2D eigenvalue weighted by atomic mass is 9.93. The van der Waals surface area contributed by atoms with Gasteiger partial charge >= 0.3 is 0 Å². The first-order chi connectivity index (χ1) is 8.87. The zero-order valence-electron chi connectivity index (χ0n) is 11.7. The normalized spacial score (nSPS) is 36.6. The first kappa shape index (κ1) is 15.1. The first-order valence-corrected chi connectivity index (χ1v) is 7.29. The van der Waals surface area contributed by atoms with E-state index in [0.717, 1.165) is 6.54 Å². The SMILES string of the molecule is CC(C)N1CC[C@H](O[C@H]2CCCC(F)(F)C2)[C@H](F)C1. The quantitative estimate of drug-likeness (QED) is 0.785. The molecule has 0 radical (unpaired) electrons. The molecule has 2 nitrogen and oxygen atoms in total. The second kappa shape index (κ2) is 6.00. The third-order valence-corrected chi connectivity index (χ3v) is 4.21. The van der Waals surface area contributed by atoms with E-state index in [1.807, 2.05) is 13.8 Å². The van der Waals surface area contributed by atoms with Gasteiger partial charge < -0.3 is 4.74 Å². The van der Waals surface area contributed by atoms with Crippen LogP contribution in [0.2, 0.25) is 0 Å². The van der Waals surface area contributed by atoms with Gasteiger partial charge in [0.15, 0.2) is 0 Å². The molecule has 112 valence electrons. The maximum atomic E-state index is 14.1. The Kier molecular flexibility index (Phi) is 4.77. The minimum Gasteiger partial charge on any atom is -0.372 e. The fraction of sp³-hybridized carbons (Fsp3) is 1.00. The van der Waals surface area contributed by atoms with Gasteiger partial charge in [-0.2, -0.15) is 0 Å². The van der Waals surface area contributed by atoms with Crippen LogP contribution in [0, 0.1) is 0 Å². The molecule has 5 heteroatoms. The molecule has 0 amide bonds. The lowest BCUT2D eigenvalue weighted by Crippen LogP contribution is -2.49. The molecule has 1 aliphatic carbocycles. The maximum absolute atomic E-state index is 14.1. The van der Waals surface area contributed by atoms with Crippen molar-refractivity contribution in [1.29, 1.82) is 0 Å². The molecule has 1 heterocycles. The van der Waals surface area contributed by atoms with Crippen molar-refractivity contribution in [3.8, 4) is 0 Å². The van der Waals surface area contributed by atoms with Gasteiger partial charge in [0.2, 0.25) is 0 Å². The number of hydrogen-bond donors (Lipinski definition) is 0. The average molecular weight is 279 g/mol. The molecule has 1 saturated heterocycles. The van der Waals surface area contributed by atoms with Crippen LogP contribution in [0.4, 0.5) is 13.2 Å². The summed E-state index contributed by atoms with van der Waals surface area (Å²) in [6, 6.07) is 0.318. The summed E-state index contributed by atoms with van der Waals surface area (Å²) in [5.74, 6) is -2.63. The third-order valence-electron chi connectivity index (χ3n) is 4.21. The van der Waals surface area contributed by atoms with Crippen LogP contribution in [-0.2, 0) is 4.74 Å². The molecule has 1 aliphatic heterocycles. The second-order valence-electron chi connectivity index (χ2n) is 6.14. The molecule has 0 spiro atoms. The number of likely N-dealkylation sites (tertiary alicyclic amines) is 1. The lowest BCUT2D eigenvalue weighted by Gasteiger charge is -2.39. The standard InChI is InChI=1S/C14H24F3NO/c1-10(2)18-7-5-13(12(15)9-18)19-11-4-3-6-14(16,17)8-11/h10-13H,3-9H2,1-2H3/t11-,12+,13-/m0/s1. The zero-order valence-corrected chi connectivity index (χ0v) is 11.7. The van der Waals surface area contributed by atoms with Crippen molar-refractivity contribution >= 4 is 0 Å². The smallest absolute Gasteiger partial charge is 0.250 e. The second-order valence-corrected chi connectivity index (χ2v) is 6.14. The summed E-state index contributed by atoms with van der Waals surface area (Å²) in [7, 11) is 0. The topological polar surface area (TPSA) is 12.5 Å². The van der Waals surface area contributed by atoms with Crippen molar-refractivity contribution in [2.75, 3.05) is 13.1 Å². The van der Waals surface area contributed by atoms with Crippen molar-refractivity contribution in [2.45, 2.75) is 76.3 Å². The molecule has 2 fully saturated rings. The van der Waals surface area contributed by atoms with Crippen molar-refractivity contribution in [2.24, 2.45) is 0 Å². The Balaban J connectivity index is 1.83. The van der Waals surface area contributed by atoms with Crippen molar-refractivity contribution in [3.63, 3.8) is 0 Å². The molecule has 19 heavy (non-hydrogen) atoms. The van der Waals surface area contributed by atoms with Gasteiger partial charge in [-0.05, 0) is 33.1 Å². The maximum Gasteiger partial charge on any atom is 0.250 e. The molecular formula is C14H24F3NO. The van der Waals surface area contributed by atoms with Crippen LogP contribution < -0.4 is 0 Å². The van der Waals surface area contributed by atoms with Gasteiger partial charge in [-0.1, -0.05) is 0 Å². The number of nitrogens with zero attached hydrogens (tertiary/aromatic N) is 1. The van der Waals surface area contributed by atoms with Gasteiger partial charge in [-0.25, -0.2) is 13.2 Å². The van der Waals surface area contributed by atoms with Crippen LogP contribution in [0.15, 0.2) is 0 Å². The molecule has 1 saturated carbocycles. The summed E-state index contributed by atoms with van der Waals surface area (Å²) in [5.41, 5.74) is 0. The molecule has 0 aromatic carbocycles. The summed E-state index contributed by atoms with van der Waals surface area (Å²) in [5, 5.41) is 0. The number of halogens is 3. The number of rotatable bonds is 3. The van der Waals surface area contributed by atoms with Gasteiger partial charge in [0.25, 0.3) is 5.92 Å². The van der Waals surface area contributed by atoms with Gasteiger partial charge in [0.05, 0.1) is 12.2 Å². The number of ether oxygens (including phenoxy) is 1. The molecule has 0 bridgehead atoms. The Labute approximate surface area is 113 Å². The molecule has 0 N–H and O–H groups in total. The van der Waals surface area contributed by atoms with Gasteiger partial charge in [0, 0.05) is 32.0 Å². The van der Waals surface area contributed by atoms with Crippen molar-refractivity contribution in [3.05, 3.63) is 0 Å². The van der Waals surface area contributed by atoms with Gasteiger partial charge in [-0.3, -0.25) is 4.90 Å². The summed E-state index contributed by atoms with van der Waals surface area (Å²) in [6.07, 6.45) is -0.645. The van der Waals surface area contributed by atoms with E-state index >= 15 is 0 Å². The average Bonchev–Trinajstić information content (AvgIpc) is 2.30. The zero-order chi connectivity index (χ0) is 14.0. The Morgan fingerprint density at radius 2 is 2.00 bits per heavy atom. The van der Waals surface area contributed by atoms with Crippen LogP contribution in [0.1, 0.15) is 46.0 Å². The molecule has 0 unspecified atom stereocenters. The van der Waals surface area contributed by atoms with Crippen LogP contribution in [0.5, 0.6) is 0 Å². The highest BCUT2D eigenvalue weighted by atomic mass is 19.3. The van der Waals surface area contributed by atoms with Crippen LogP contribution in [-0.4, -0.2) is 48.3 Å². The van der Waals surface area contributed by atoms with E-state index in [-0.39, 0.29) is 12.8 Å². The summed E-state index contributed by atoms with van der Waals surface area (Å²) in [4.78, 5) is 2.07. The van der Waals surface area contributed by atoms with E-state index in [2.05, 4.69) is 4.90 Å². The van der Waals surface area contributed by atoms with E-state index in [4.69, 9.17) is 4.74 Å². The molecule has 2 rings (SSSR count). The highest BCUT2D eigenvalue weighted by molar-refractivity contribution is 4.86. The van der Waals surface area contributed by atoms with Crippen molar-refractivity contribution in [1.82, 2.24) is 4.90 Å². The predicted molar refractivity (Wildman–Crippen MR) is 68.3 cm³/mol.